The molecule has 11 N–H and O–H groups in total. The third kappa shape index (κ3) is 8.54. The maximum Gasteiger partial charge on any atom is 0.326 e. The number of nitrogens with one attached hydrogen (secondary N) is 1. The second-order valence-corrected chi connectivity index (χ2v) is 6.33. The molecule has 29 heavy (non-hydrogen) atoms. The van der Waals surface area contributed by atoms with E-state index in [1.165, 1.54) is 4.90 Å². The van der Waals surface area contributed by atoms with Gasteiger partial charge in [-0.2, -0.15) is 0 Å². The molecule has 1 aliphatic rings. The highest BCUT2D eigenvalue weighted by Gasteiger charge is 2.36. The monoisotopic (exact) mass is 420 g/mol. The van der Waals surface area contributed by atoms with E-state index in [1.54, 1.807) is 6.92 Å². The van der Waals surface area contributed by atoms with Crippen molar-refractivity contribution in [3.63, 3.8) is 0 Å². The molecule has 3 atom stereocenters. The van der Waals surface area contributed by atoms with E-state index in [-0.39, 0.29) is 27.8 Å². The van der Waals surface area contributed by atoms with Crippen LogP contribution in [0.15, 0.2) is 30.3 Å². The Morgan fingerprint density at radius 2 is 1.69 bits per heavy atom. The van der Waals surface area contributed by atoms with Crippen LogP contribution in [0.25, 0.3) is 0 Å². The molecule has 1 amide bonds. The highest BCUT2D eigenvalue weighted by Crippen LogP contribution is 2.18. The van der Waals surface area contributed by atoms with Gasteiger partial charge in [0, 0.05) is 6.54 Å². The number of nitrogens with zero attached hydrogens (tertiary/aromatic N) is 1. The molecule has 1 saturated heterocycles. The molecule has 0 aromatic heterocycles. The zero-order chi connectivity index (χ0) is 18.4. The molecule has 1 aromatic rings. The second kappa shape index (κ2) is 14.4. The summed E-state index contributed by atoms with van der Waals surface area (Å²) in [6.07, 6.45) is 2.00. The molecular formula is C18H32N2O9. The third-order valence-corrected chi connectivity index (χ3v) is 4.51. The predicted molar refractivity (Wildman–Crippen MR) is 106 cm³/mol. The molecule has 0 saturated carbocycles. The Morgan fingerprint density at radius 1 is 1.10 bits per heavy atom. The fraction of sp³-hybridized carbons (Fsp3) is 0.500. The fourth-order valence-corrected chi connectivity index (χ4v) is 3.14. The van der Waals surface area contributed by atoms with E-state index in [1.807, 2.05) is 30.3 Å². The van der Waals surface area contributed by atoms with Crippen LogP contribution in [0, 0.1) is 0 Å². The smallest absolute Gasteiger partial charge is 0.326 e. The number of aliphatic carboxylic acids is 2. The van der Waals surface area contributed by atoms with Crippen LogP contribution in [0.3, 0.4) is 0 Å². The van der Waals surface area contributed by atoms with Crippen LogP contribution in [0.1, 0.15) is 31.7 Å². The number of amides is 1. The highest BCUT2D eigenvalue weighted by atomic mass is 16.4. The first kappa shape index (κ1) is 31.1. The minimum Gasteiger partial charge on any atom is -0.480 e. The number of carboxylic acids is 2. The lowest BCUT2D eigenvalue weighted by Crippen LogP contribution is -2.53. The van der Waals surface area contributed by atoms with Crippen LogP contribution in [-0.4, -0.2) is 79.5 Å². The lowest BCUT2D eigenvalue weighted by molar-refractivity contribution is -0.149. The Bertz CT molecular complexity index is 627. The summed E-state index contributed by atoms with van der Waals surface area (Å²) in [5.41, 5.74) is 1.03. The van der Waals surface area contributed by atoms with Crippen molar-refractivity contribution in [2.75, 3.05) is 6.54 Å². The van der Waals surface area contributed by atoms with Crippen molar-refractivity contribution in [3.05, 3.63) is 35.9 Å². The summed E-state index contributed by atoms with van der Waals surface area (Å²) in [6, 6.07) is 7.09. The Morgan fingerprint density at radius 3 is 2.21 bits per heavy atom. The molecule has 11 nitrogen and oxygen atoms in total. The van der Waals surface area contributed by atoms with Gasteiger partial charge in [-0.1, -0.05) is 30.3 Å². The lowest BCUT2D eigenvalue weighted by atomic mass is 10.0. The van der Waals surface area contributed by atoms with Crippen molar-refractivity contribution in [2.24, 2.45) is 0 Å². The number of carbonyl (C=O) groups is 3. The summed E-state index contributed by atoms with van der Waals surface area (Å²) in [6.45, 7) is 1.97. The first-order valence-corrected chi connectivity index (χ1v) is 8.46. The maximum absolute atomic E-state index is 12.5. The molecular weight excluding hydrogens is 388 g/mol. The van der Waals surface area contributed by atoms with Crippen LogP contribution in [0.5, 0.6) is 0 Å². The summed E-state index contributed by atoms with van der Waals surface area (Å²) in [5.74, 6) is -2.40. The summed E-state index contributed by atoms with van der Waals surface area (Å²) in [7, 11) is 0. The van der Waals surface area contributed by atoms with Gasteiger partial charge in [0.25, 0.3) is 0 Å². The minimum atomic E-state index is -1.02. The van der Waals surface area contributed by atoms with Crippen molar-refractivity contribution in [1.82, 2.24) is 10.2 Å². The number of benzene rings is 1. The van der Waals surface area contributed by atoms with E-state index in [0.717, 1.165) is 5.56 Å². The molecule has 0 spiro atoms. The molecule has 1 aliphatic heterocycles. The van der Waals surface area contributed by atoms with Gasteiger partial charge >= 0.3 is 11.9 Å². The third-order valence-electron chi connectivity index (χ3n) is 4.51. The van der Waals surface area contributed by atoms with Gasteiger partial charge in [-0.3, -0.25) is 14.9 Å². The van der Waals surface area contributed by atoms with Crippen molar-refractivity contribution < 1.29 is 46.5 Å². The van der Waals surface area contributed by atoms with E-state index in [2.05, 4.69) is 5.32 Å². The van der Waals surface area contributed by atoms with Gasteiger partial charge in [0.2, 0.25) is 5.91 Å². The number of hydrogen-bond donors (Lipinski definition) is 3. The zero-order valence-corrected chi connectivity index (χ0v) is 16.2. The quantitative estimate of drug-likeness (QED) is 0.422. The topological polar surface area (TPSA) is 233 Å². The van der Waals surface area contributed by atoms with Gasteiger partial charge in [0.1, 0.15) is 12.1 Å². The van der Waals surface area contributed by atoms with Crippen molar-refractivity contribution in [1.29, 1.82) is 0 Å². The SMILES string of the molecule is CC(NC(CCc1ccccc1)C(=O)O)C(=O)N1CCC[C@H]1C(=O)O.O.O.O.O. The van der Waals surface area contributed by atoms with E-state index in [9.17, 15) is 24.6 Å². The van der Waals surface area contributed by atoms with Gasteiger partial charge in [-0.25, -0.2) is 4.79 Å². The number of carboxylic acid groups (broad SMARTS) is 2. The van der Waals surface area contributed by atoms with Crippen LogP contribution >= 0.6 is 0 Å². The Labute approximate surface area is 168 Å². The van der Waals surface area contributed by atoms with Crippen LogP contribution in [0.4, 0.5) is 0 Å². The van der Waals surface area contributed by atoms with Gasteiger partial charge < -0.3 is 37.0 Å². The number of carbonyl (C=O) groups excluding carboxylic acids is 1. The van der Waals surface area contributed by atoms with Crippen LogP contribution in [0.2, 0.25) is 0 Å². The van der Waals surface area contributed by atoms with Gasteiger partial charge in [0.05, 0.1) is 6.04 Å². The molecule has 168 valence electrons. The normalized spacial score (nSPS) is 16.7. The maximum atomic E-state index is 12.5. The predicted octanol–water partition coefficient (Wildman–Crippen LogP) is -2.17. The van der Waals surface area contributed by atoms with E-state index in [0.29, 0.717) is 32.2 Å². The molecule has 2 rings (SSSR count). The Balaban J connectivity index is -0.00000169. The minimum absolute atomic E-state index is 0. The molecule has 1 heterocycles. The number of hydrogen-bond acceptors (Lipinski definition) is 4. The zero-order valence-electron chi connectivity index (χ0n) is 16.2. The van der Waals surface area contributed by atoms with Crippen LogP contribution in [-0.2, 0) is 20.8 Å². The summed E-state index contributed by atoms with van der Waals surface area (Å²) >= 11 is 0. The Kier molecular flexibility index (Phi) is 15.5. The van der Waals surface area contributed by atoms with Gasteiger partial charge in [-0.05, 0) is 38.2 Å². The molecule has 1 fully saturated rings. The number of likely N-dealkylation sites (tertiary alicyclic amines) is 1. The van der Waals surface area contributed by atoms with E-state index in [4.69, 9.17) is 0 Å². The fourth-order valence-electron chi connectivity index (χ4n) is 3.14. The number of aryl methyl sites for hydroxylation is 1. The standard InChI is InChI=1S/C18H24N2O5.4H2O/c1-12(16(21)20-11-5-8-15(20)18(24)25)19-14(17(22)23)10-9-13-6-3-2-4-7-13;;;;/h2-4,6-7,12,14-15,19H,5,8-11H2,1H3,(H,22,23)(H,24,25);4*1H2/t12?,14?,15-;;;;/m0..../s1. The second-order valence-electron chi connectivity index (χ2n) is 6.33. The lowest BCUT2D eigenvalue weighted by Gasteiger charge is -2.27. The first-order valence-electron chi connectivity index (χ1n) is 8.46. The summed E-state index contributed by atoms with van der Waals surface area (Å²) < 4.78 is 0. The summed E-state index contributed by atoms with van der Waals surface area (Å²) in [5, 5.41) is 21.4. The average Bonchev–Trinajstić information content (AvgIpc) is 3.08. The number of rotatable bonds is 8. The average molecular weight is 420 g/mol. The van der Waals surface area contributed by atoms with Crippen molar-refractivity contribution in [2.45, 2.75) is 50.7 Å². The first-order chi connectivity index (χ1) is 11.9. The van der Waals surface area contributed by atoms with E-state index >= 15 is 0 Å². The molecule has 0 aliphatic carbocycles. The van der Waals surface area contributed by atoms with Crippen LogP contribution < -0.4 is 5.32 Å². The molecule has 0 bridgehead atoms. The summed E-state index contributed by atoms with van der Waals surface area (Å²) in [4.78, 5) is 36.5. The van der Waals surface area contributed by atoms with Gasteiger partial charge in [-0.15, -0.1) is 0 Å². The molecule has 0 radical (unpaired) electrons. The molecule has 1 aromatic carbocycles. The van der Waals surface area contributed by atoms with Crippen molar-refractivity contribution in [3.8, 4) is 0 Å². The Hall–Kier alpha value is -2.57. The highest BCUT2D eigenvalue weighted by molar-refractivity contribution is 5.88. The van der Waals surface area contributed by atoms with E-state index < -0.39 is 30.1 Å². The largest absolute Gasteiger partial charge is 0.480 e. The molecule has 2 unspecified atom stereocenters. The molecule has 11 heteroatoms. The van der Waals surface area contributed by atoms with Gasteiger partial charge in [0.15, 0.2) is 0 Å². The van der Waals surface area contributed by atoms with Crippen molar-refractivity contribution >= 4 is 17.8 Å².